The monoisotopic (exact) mass is 331 g/mol. The first-order valence-corrected chi connectivity index (χ1v) is 8.91. The van der Waals surface area contributed by atoms with Crippen LogP contribution < -0.4 is 14.2 Å². The molecule has 0 aliphatic rings. The fourth-order valence-electron chi connectivity index (χ4n) is 1.96. The summed E-state index contributed by atoms with van der Waals surface area (Å²) in [5.74, 6) is 0.784. The lowest BCUT2D eigenvalue weighted by Crippen LogP contribution is -2.37. The quantitative estimate of drug-likeness (QED) is 0.721. The minimum absolute atomic E-state index is 0.0234. The van der Waals surface area contributed by atoms with E-state index in [1.807, 2.05) is 13.8 Å². The van der Waals surface area contributed by atoms with Crippen LogP contribution in [-0.4, -0.2) is 39.4 Å². The number of aliphatic hydroxyl groups excluding tert-OH is 1. The maximum atomic E-state index is 12.6. The number of rotatable bonds is 9. The Labute approximate surface area is 132 Å². The van der Waals surface area contributed by atoms with Crippen LogP contribution in [0.3, 0.4) is 0 Å². The average molecular weight is 331 g/mol. The van der Waals surface area contributed by atoms with Crippen LogP contribution >= 0.6 is 0 Å². The molecule has 0 aromatic heterocycles. The van der Waals surface area contributed by atoms with E-state index in [2.05, 4.69) is 4.72 Å². The van der Waals surface area contributed by atoms with Gasteiger partial charge in [0.05, 0.1) is 19.8 Å². The van der Waals surface area contributed by atoms with Gasteiger partial charge in [-0.3, -0.25) is 0 Å². The van der Waals surface area contributed by atoms with E-state index < -0.39 is 16.1 Å². The zero-order valence-corrected chi connectivity index (χ0v) is 14.4. The molecule has 7 heteroatoms. The van der Waals surface area contributed by atoms with Gasteiger partial charge in [0.25, 0.3) is 0 Å². The van der Waals surface area contributed by atoms with Gasteiger partial charge < -0.3 is 14.6 Å². The summed E-state index contributed by atoms with van der Waals surface area (Å²) in [6.45, 7) is 7.79. The van der Waals surface area contributed by atoms with Gasteiger partial charge in [0.15, 0.2) is 0 Å². The minimum Gasteiger partial charge on any atom is -0.494 e. The highest BCUT2D eigenvalue weighted by atomic mass is 32.2. The largest absolute Gasteiger partial charge is 0.494 e. The third-order valence-electron chi connectivity index (χ3n) is 3.17. The van der Waals surface area contributed by atoms with E-state index in [9.17, 15) is 13.5 Å². The lowest BCUT2D eigenvalue weighted by atomic mass is 10.2. The molecule has 0 radical (unpaired) electrons. The van der Waals surface area contributed by atoms with Gasteiger partial charge in [0, 0.05) is 12.1 Å². The summed E-state index contributed by atoms with van der Waals surface area (Å²) in [6.07, 6.45) is 0.490. The molecule has 0 amide bonds. The van der Waals surface area contributed by atoms with Crippen molar-refractivity contribution in [3.8, 4) is 11.5 Å². The van der Waals surface area contributed by atoms with Crippen molar-refractivity contribution in [1.82, 2.24) is 4.72 Å². The number of sulfonamides is 1. The van der Waals surface area contributed by atoms with Gasteiger partial charge >= 0.3 is 0 Å². The lowest BCUT2D eigenvalue weighted by molar-refractivity contribution is 0.253. The number of nitrogens with one attached hydrogen (secondary N) is 1. The van der Waals surface area contributed by atoms with Crippen molar-refractivity contribution in [2.45, 2.75) is 45.1 Å². The first-order valence-electron chi connectivity index (χ1n) is 7.42. The summed E-state index contributed by atoms with van der Waals surface area (Å²) in [6, 6.07) is 2.59. The summed E-state index contributed by atoms with van der Waals surface area (Å²) in [5.41, 5.74) is 0.804. The number of ether oxygens (including phenoxy) is 2. The Balaban J connectivity index is 3.31. The van der Waals surface area contributed by atoms with Crippen molar-refractivity contribution in [3.63, 3.8) is 0 Å². The van der Waals surface area contributed by atoms with Gasteiger partial charge in [0.1, 0.15) is 16.4 Å². The van der Waals surface area contributed by atoms with Crippen LogP contribution in [-0.2, 0) is 10.0 Å². The molecular weight excluding hydrogens is 306 g/mol. The van der Waals surface area contributed by atoms with Crippen LogP contribution in [0.1, 0.15) is 32.8 Å². The maximum Gasteiger partial charge on any atom is 0.244 e. The van der Waals surface area contributed by atoms with Gasteiger partial charge in [-0.15, -0.1) is 0 Å². The summed E-state index contributed by atoms with van der Waals surface area (Å²) < 4.78 is 38.5. The summed E-state index contributed by atoms with van der Waals surface area (Å²) >= 11 is 0. The predicted octanol–water partition coefficient (Wildman–Crippen LogP) is 1.84. The lowest BCUT2D eigenvalue weighted by Gasteiger charge is -2.18. The van der Waals surface area contributed by atoms with Crippen molar-refractivity contribution in [1.29, 1.82) is 0 Å². The van der Waals surface area contributed by atoms with Crippen molar-refractivity contribution < 1.29 is 23.0 Å². The van der Waals surface area contributed by atoms with E-state index in [0.717, 1.165) is 5.56 Å². The van der Waals surface area contributed by atoms with E-state index in [0.29, 0.717) is 25.4 Å². The van der Waals surface area contributed by atoms with Crippen LogP contribution in [0.15, 0.2) is 17.0 Å². The molecule has 0 aliphatic heterocycles. The summed E-state index contributed by atoms with van der Waals surface area (Å²) in [4.78, 5) is 0.0234. The van der Waals surface area contributed by atoms with Crippen molar-refractivity contribution >= 4 is 10.0 Å². The molecule has 1 rings (SSSR count). The molecule has 126 valence electrons. The van der Waals surface area contributed by atoms with Gasteiger partial charge in [-0.1, -0.05) is 6.92 Å². The molecular formula is C15H25NO5S. The normalized spacial score (nSPS) is 13.0. The van der Waals surface area contributed by atoms with E-state index in [1.165, 1.54) is 6.07 Å². The number of aliphatic hydroxyl groups is 1. The van der Waals surface area contributed by atoms with Gasteiger partial charge in [-0.2, -0.15) is 0 Å². The van der Waals surface area contributed by atoms with E-state index in [-0.39, 0.29) is 17.3 Å². The zero-order chi connectivity index (χ0) is 16.8. The number of hydrogen-bond donors (Lipinski definition) is 2. The second-order valence-electron chi connectivity index (χ2n) is 4.84. The van der Waals surface area contributed by atoms with Crippen LogP contribution in [0.25, 0.3) is 0 Å². The first-order chi connectivity index (χ1) is 10.4. The van der Waals surface area contributed by atoms with Crippen LogP contribution in [0.4, 0.5) is 0 Å². The molecule has 0 bridgehead atoms. The first kappa shape index (κ1) is 18.7. The van der Waals surface area contributed by atoms with Crippen molar-refractivity contribution in [3.05, 3.63) is 17.7 Å². The molecule has 1 aromatic carbocycles. The number of hydrogen-bond acceptors (Lipinski definition) is 5. The standard InChI is InChI=1S/C15H25NO5S/c1-5-12(10-17)16-22(18,19)15-9-13(20-6-2)11(4)8-14(15)21-7-3/h8-9,12,16-17H,5-7,10H2,1-4H3. The Morgan fingerprint density at radius 1 is 1.14 bits per heavy atom. The topological polar surface area (TPSA) is 84.9 Å². The number of benzene rings is 1. The fourth-order valence-corrected chi connectivity index (χ4v) is 3.42. The molecule has 0 fully saturated rings. The zero-order valence-electron chi connectivity index (χ0n) is 13.5. The molecule has 6 nitrogen and oxygen atoms in total. The molecule has 0 saturated heterocycles. The average Bonchev–Trinajstić information content (AvgIpc) is 2.47. The smallest absolute Gasteiger partial charge is 0.244 e. The van der Waals surface area contributed by atoms with Gasteiger partial charge in [0.2, 0.25) is 10.0 Å². The molecule has 22 heavy (non-hydrogen) atoms. The molecule has 0 spiro atoms. The van der Waals surface area contributed by atoms with Gasteiger partial charge in [-0.05, 0) is 38.8 Å². The van der Waals surface area contributed by atoms with E-state index in [1.54, 1.807) is 19.9 Å². The molecule has 1 atom stereocenters. The maximum absolute atomic E-state index is 12.6. The third kappa shape index (κ3) is 4.59. The Bertz CT molecular complexity index is 582. The van der Waals surface area contributed by atoms with E-state index in [4.69, 9.17) is 9.47 Å². The number of aryl methyl sites for hydroxylation is 1. The second kappa shape index (κ2) is 8.36. The highest BCUT2D eigenvalue weighted by molar-refractivity contribution is 7.89. The molecule has 1 aromatic rings. The van der Waals surface area contributed by atoms with Crippen LogP contribution in [0.5, 0.6) is 11.5 Å². The van der Waals surface area contributed by atoms with E-state index >= 15 is 0 Å². The molecule has 1 unspecified atom stereocenters. The minimum atomic E-state index is -3.81. The highest BCUT2D eigenvalue weighted by Crippen LogP contribution is 2.32. The molecule has 0 heterocycles. The van der Waals surface area contributed by atoms with Crippen LogP contribution in [0, 0.1) is 6.92 Å². The SMILES string of the molecule is CCOc1cc(S(=O)(=O)NC(CC)CO)c(OCC)cc1C. The molecule has 0 aliphatic carbocycles. The predicted molar refractivity (Wildman–Crippen MR) is 85.0 cm³/mol. The van der Waals surface area contributed by atoms with Crippen molar-refractivity contribution in [2.24, 2.45) is 0 Å². The molecule has 0 saturated carbocycles. The summed E-state index contributed by atoms with van der Waals surface area (Å²) in [5, 5.41) is 9.21. The summed E-state index contributed by atoms with van der Waals surface area (Å²) in [7, 11) is -3.81. The third-order valence-corrected chi connectivity index (χ3v) is 4.71. The second-order valence-corrected chi connectivity index (χ2v) is 6.52. The Hall–Kier alpha value is -1.31. The fraction of sp³-hybridized carbons (Fsp3) is 0.600. The van der Waals surface area contributed by atoms with Crippen LogP contribution in [0.2, 0.25) is 0 Å². The van der Waals surface area contributed by atoms with Crippen molar-refractivity contribution in [2.75, 3.05) is 19.8 Å². The Morgan fingerprint density at radius 3 is 2.23 bits per heavy atom. The van der Waals surface area contributed by atoms with Gasteiger partial charge in [-0.25, -0.2) is 13.1 Å². The Morgan fingerprint density at radius 2 is 1.73 bits per heavy atom. The Kier molecular flexibility index (Phi) is 7.12. The molecule has 2 N–H and O–H groups in total. The highest BCUT2D eigenvalue weighted by Gasteiger charge is 2.24.